The highest BCUT2D eigenvalue weighted by Gasteiger charge is 2.00. The van der Waals surface area contributed by atoms with E-state index in [0.717, 1.165) is 30.5 Å². The second kappa shape index (κ2) is 5.63. The highest BCUT2D eigenvalue weighted by molar-refractivity contribution is 5.14. The third kappa shape index (κ3) is 3.77. The summed E-state index contributed by atoms with van der Waals surface area (Å²) < 4.78 is 5.55. The molecule has 0 N–H and O–H groups in total. The van der Waals surface area contributed by atoms with Crippen molar-refractivity contribution in [2.24, 2.45) is 5.92 Å². The molecule has 78 valence electrons. The molecule has 0 radical (unpaired) electrons. The second-order valence-corrected chi connectivity index (χ2v) is 3.77. The number of ether oxygens (including phenoxy) is 1. The average molecular weight is 193 g/mol. The first kappa shape index (κ1) is 11.0. The van der Waals surface area contributed by atoms with Gasteiger partial charge in [0.1, 0.15) is 0 Å². The van der Waals surface area contributed by atoms with Crippen LogP contribution < -0.4 is 4.74 Å². The molecule has 0 aromatic carbocycles. The van der Waals surface area contributed by atoms with E-state index in [9.17, 15) is 0 Å². The monoisotopic (exact) mass is 193 g/mol. The Balaban J connectivity index is 2.31. The Morgan fingerprint density at radius 3 is 2.86 bits per heavy atom. The summed E-state index contributed by atoms with van der Waals surface area (Å²) in [5.41, 5.74) is 1.01. The minimum absolute atomic E-state index is 0.736. The molecule has 0 amide bonds. The van der Waals surface area contributed by atoms with Crippen molar-refractivity contribution in [1.29, 1.82) is 0 Å². The predicted octanol–water partition coefficient (Wildman–Crippen LogP) is 3.21. The van der Waals surface area contributed by atoms with Gasteiger partial charge in [-0.15, -0.1) is 0 Å². The van der Waals surface area contributed by atoms with Crippen LogP contribution in [0.3, 0.4) is 0 Å². The fraction of sp³-hybridized carbons (Fsp3) is 0.583. The molecule has 2 heteroatoms. The highest BCUT2D eigenvalue weighted by Crippen LogP contribution is 2.10. The van der Waals surface area contributed by atoms with Crippen molar-refractivity contribution in [1.82, 2.24) is 4.98 Å². The van der Waals surface area contributed by atoms with Gasteiger partial charge in [-0.05, 0) is 25.3 Å². The van der Waals surface area contributed by atoms with Gasteiger partial charge in [-0.2, -0.15) is 0 Å². The van der Waals surface area contributed by atoms with Gasteiger partial charge >= 0.3 is 0 Å². The summed E-state index contributed by atoms with van der Waals surface area (Å²) in [4.78, 5) is 4.27. The summed E-state index contributed by atoms with van der Waals surface area (Å²) in [6, 6.07) is 5.85. The van der Waals surface area contributed by atoms with Crippen LogP contribution in [0.5, 0.6) is 5.88 Å². The Kier molecular flexibility index (Phi) is 4.44. The Hall–Kier alpha value is -1.05. The van der Waals surface area contributed by atoms with E-state index in [2.05, 4.69) is 18.8 Å². The molecule has 0 aliphatic rings. The van der Waals surface area contributed by atoms with E-state index in [1.54, 1.807) is 0 Å². The fourth-order valence-electron chi connectivity index (χ4n) is 1.17. The van der Waals surface area contributed by atoms with E-state index in [1.807, 2.05) is 25.1 Å². The Morgan fingerprint density at radius 2 is 2.21 bits per heavy atom. The zero-order valence-corrected chi connectivity index (χ0v) is 9.29. The standard InChI is InChI=1S/C12H19NO/c1-4-10(2)8-9-14-12-7-5-6-11(3)13-12/h5-7,10H,4,8-9H2,1-3H3. The van der Waals surface area contributed by atoms with Crippen LogP contribution in [0, 0.1) is 12.8 Å². The van der Waals surface area contributed by atoms with Crippen molar-refractivity contribution in [2.75, 3.05) is 6.61 Å². The maximum Gasteiger partial charge on any atom is 0.213 e. The summed E-state index contributed by atoms with van der Waals surface area (Å²) in [5.74, 6) is 1.48. The molecule has 0 aliphatic carbocycles. The Bertz CT molecular complexity index is 273. The molecule has 1 aromatic heterocycles. The van der Waals surface area contributed by atoms with E-state index < -0.39 is 0 Å². The fourth-order valence-corrected chi connectivity index (χ4v) is 1.17. The zero-order valence-electron chi connectivity index (χ0n) is 9.29. The third-order valence-electron chi connectivity index (χ3n) is 2.42. The molecule has 14 heavy (non-hydrogen) atoms. The average Bonchev–Trinajstić information content (AvgIpc) is 2.17. The van der Waals surface area contributed by atoms with E-state index in [0.29, 0.717) is 0 Å². The number of pyridine rings is 1. The summed E-state index contributed by atoms with van der Waals surface area (Å²) in [6.45, 7) is 7.19. The molecule has 1 aromatic rings. The first-order valence-electron chi connectivity index (χ1n) is 5.28. The SMILES string of the molecule is CCC(C)CCOc1cccc(C)n1. The molecule has 1 unspecified atom stereocenters. The molecule has 0 saturated carbocycles. The minimum Gasteiger partial charge on any atom is -0.478 e. The van der Waals surface area contributed by atoms with Crippen LogP contribution in [0.25, 0.3) is 0 Å². The van der Waals surface area contributed by atoms with Crippen molar-refractivity contribution in [2.45, 2.75) is 33.6 Å². The molecule has 1 rings (SSSR count). The molecule has 0 saturated heterocycles. The maximum atomic E-state index is 5.55. The van der Waals surface area contributed by atoms with Gasteiger partial charge < -0.3 is 4.74 Å². The molecule has 0 aliphatic heterocycles. The number of aryl methyl sites for hydroxylation is 1. The van der Waals surface area contributed by atoms with Gasteiger partial charge in [0.05, 0.1) is 6.61 Å². The normalized spacial score (nSPS) is 12.5. The minimum atomic E-state index is 0.736. The van der Waals surface area contributed by atoms with Gasteiger partial charge in [0.25, 0.3) is 0 Å². The van der Waals surface area contributed by atoms with Crippen molar-refractivity contribution in [3.05, 3.63) is 23.9 Å². The van der Waals surface area contributed by atoms with E-state index in [4.69, 9.17) is 4.74 Å². The largest absolute Gasteiger partial charge is 0.478 e. The maximum absolute atomic E-state index is 5.55. The second-order valence-electron chi connectivity index (χ2n) is 3.77. The smallest absolute Gasteiger partial charge is 0.213 e. The lowest BCUT2D eigenvalue weighted by Crippen LogP contribution is -2.04. The van der Waals surface area contributed by atoms with Crippen molar-refractivity contribution in [3.63, 3.8) is 0 Å². The number of nitrogens with zero attached hydrogens (tertiary/aromatic N) is 1. The van der Waals surface area contributed by atoms with Gasteiger partial charge in [0.2, 0.25) is 5.88 Å². The van der Waals surface area contributed by atoms with Gasteiger partial charge in [0.15, 0.2) is 0 Å². The first-order chi connectivity index (χ1) is 6.72. The molecule has 1 heterocycles. The van der Waals surface area contributed by atoms with Crippen LogP contribution in [-0.2, 0) is 0 Å². The molecule has 0 fully saturated rings. The highest BCUT2D eigenvalue weighted by atomic mass is 16.5. The summed E-state index contributed by atoms with van der Waals surface area (Å²) >= 11 is 0. The third-order valence-corrected chi connectivity index (χ3v) is 2.42. The molecule has 0 spiro atoms. The summed E-state index contributed by atoms with van der Waals surface area (Å²) in [5, 5.41) is 0. The van der Waals surface area contributed by atoms with Crippen LogP contribution in [0.15, 0.2) is 18.2 Å². The summed E-state index contributed by atoms with van der Waals surface area (Å²) in [7, 11) is 0. The van der Waals surface area contributed by atoms with Crippen molar-refractivity contribution in [3.8, 4) is 5.88 Å². The van der Waals surface area contributed by atoms with Crippen molar-refractivity contribution < 1.29 is 4.74 Å². The van der Waals surface area contributed by atoms with Gasteiger partial charge in [-0.1, -0.05) is 26.3 Å². The number of rotatable bonds is 5. The number of aromatic nitrogens is 1. The molecular weight excluding hydrogens is 174 g/mol. The number of hydrogen-bond donors (Lipinski definition) is 0. The van der Waals surface area contributed by atoms with E-state index >= 15 is 0 Å². The van der Waals surface area contributed by atoms with E-state index in [1.165, 1.54) is 6.42 Å². The first-order valence-corrected chi connectivity index (χ1v) is 5.28. The lowest BCUT2D eigenvalue weighted by atomic mass is 10.1. The lowest BCUT2D eigenvalue weighted by molar-refractivity contribution is 0.272. The lowest BCUT2D eigenvalue weighted by Gasteiger charge is -2.09. The van der Waals surface area contributed by atoms with Crippen molar-refractivity contribution >= 4 is 0 Å². The van der Waals surface area contributed by atoms with Crippen LogP contribution in [-0.4, -0.2) is 11.6 Å². The van der Waals surface area contributed by atoms with Crippen LogP contribution in [0.1, 0.15) is 32.4 Å². The van der Waals surface area contributed by atoms with Crippen LogP contribution >= 0.6 is 0 Å². The Morgan fingerprint density at radius 1 is 1.43 bits per heavy atom. The van der Waals surface area contributed by atoms with Gasteiger partial charge in [0, 0.05) is 11.8 Å². The predicted molar refractivity (Wildman–Crippen MR) is 58.5 cm³/mol. The molecule has 1 atom stereocenters. The molecular formula is C12H19NO. The topological polar surface area (TPSA) is 22.1 Å². The van der Waals surface area contributed by atoms with E-state index in [-0.39, 0.29) is 0 Å². The molecule has 2 nitrogen and oxygen atoms in total. The zero-order chi connectivity index (χ0) is 10.4. The summed E-state index contributed by atoms with van der Waals surface area (Å²) in [6.07, 6.45) is 2.32. The van der Waals surface area contributed by atoms with Crippen LogP contribution in [0.2, 0.25) is 0 Å². The Labute approximate surface area is 86.3 Å². The van der Waals surface area contributed by atoms with Gasteiger partial charge in [-0.3, -0.25) is 0 Å². The number of hydrogen-bond acceptors (Lipinski definition) is 2. The molecule has 0 bridgehead atoms. The van der Waals surface area contributed by atoms with Gasteiger partial charge in [-0.25, -0.2) is 4.98 Å². The quantitative estimate of drug-likeness (QED) is 0.716. The van der Waals surface area contributed by atoms with Crippen LogP contribution in [0.4, 0.5) is 0 Å².